The maximum absolute atomic E-state index is 12.4. The first-order valence-electron chi connectivity index (χ1n) is 8.33. The van der Waals surface area contributed by atoms with Gasteiger partial charge in [0.05, 0.1) is 11.4 Å². The molecule has 7 nitrogen and oxygen atoms in total. The molecule has 2 aromatic carbocycles. The fourth-order valence-corrected chi connectivity index (χ4v) is 4.85. The normalized spacial score (nSPS) is 11.0. The molecule has 0 saturated heterocycles. The molecule has 0 bridgehead atoms. The van der Waals surface area contributed by atoms with Crippen LogP contribution in [-0.4, -0.2) is 31.1 Å². The van der Waals surface area contributed by atoms with Crippen LogP contribution in [0.3, 0.4) is 0 Å². The predicted octanol–water partition coefficient (Wildman–Crippen LogP) is 2.99. The number of sulfonamides is 1. The molecule has 0 saturated carbocycles. The van der Waals surface area contributed by atoms with Gasteiger partial charge in [0.25, 0.3) is 5.91 Å². The smallest absolute Gasteiger partial charge is 0.257 e. The van der Waals surface area contributed by atoms with Crippen molar-refractivity contribution in [1.82, 2.24) is 14.9 Å². The molecule has 29 heavy (non-hydrogen) atoms. The second kappa shape index (κ2) is 9.67. The lowest BCUT2D eigenvalue weighted by Gasteiger charge is -2.05. The number of nitrogens with one attached hydrogen (secondary N) is 2. The number of hydrogen-bond donors (Lipinski definition) is 2. The summed E-state index contributed by atoms with van der Waals surface area (Å²) in [6, 6.07) is 15.5. The van der Waals surface area contributed by atoms with E-state index in [-0.39, 0.29) is 11.4 Å². The zero-order chi connectivity index (χ0) is 20.7. The third-order valence-electron chi connectivity index (χ3n) is 3.62. The Labute approximate surface area is 177 Å². The van der Waals surface area contributed by atoms with E-state index in [1.54, 1.807) is 0 Å². The predicted molar refractivity (Wildman–Crippen MR) is 114 cm³/mol. The minimum Gasteiger partial charge on any atom is -0.296 e. The summed E-state index contributed by atoms with van der Waals surface area (Å²) in [6.07, 6.45) is 5.06. The molecule has 3 rings (SSSR count). The Hall–Kier alpha value is -2.71. The number of benzene rings is 2. The number of hydrogen-bond acceptors (Lipinski definition) is 7. The molecule has 0 unspecified atom stereocenters. The van der Waals surface area contributed by atoms with Crippen molar-refractivity contribution in [2.75, 3.05) is 11.9 Å². The first kappa shape index (κ1) is 21.0. The number of thioether (sulfide) groups is 1. The monoisotopic (exact) mass is 444 g/mol. The minimum absolute atomic E-state index is 0.0276. The molecule has 0 fully saturated rings. The number of carbonyl (C=O) groups is 1. The molecular weight excluding hydrogens is 428 g/mol. The Kier molecular flexibility index (Phi) is 7.00. The van der Waals surface area contributed by atoms with Gasteiger partial charge in [-0.15, -0.1) is 16.6 Å². The number of terminal acetylenes is 1. The lowest BCUT2D eigenvalue weighted by molar-refractivity contribution is 0.102. The molecule has 0 aliphatic carbocycles. The van der Waals surface area contributed by atoms with E-state index < -0.39 is 15.9 Å². The highest BCUT2D eigenvalue weighted by molar-refractivity contribution is 8.00. The summed E-state index contributed by atoms with van der Waals surface area (Å²) in [5, 5.41) is 11.1. The summed E-state index contributed by atoms with van der Waals surface area (Å²) in [5.41, 5.74) is 1.47. The van der Waals surface area contributed by atoms with Crippen LogP contribution < -0.4 is 10.0 Å². The second-order valence-corrected chi connectivity index (χ2v) is 9.62. The highest BCUT2D eigenvalue weighted by Gasteiger charge is 2.15. The molecule has 3 aromatic rings. The number of nitrogens with zero attached hydrogens (tertiary/aromatic N) is 2. The van der Waals surface area contributed by atoms with E-state index in [4.69, 9.17) is 6.42 Å². The van der Waals surface area contributed by atoms with Crippen LogP contribution in [0.1, 0.15) is 15.9 Å². The van der Waals surface area contributed by atoms with E-state index in [9.17, 15) is 13.2 Å². The topological polar surface area (TPSA) is 101 Å². The van der Waals surface area contributed by atoms with Gasteiger partial charge in [0.2, 0.25) is 15.2 Å². The average molecular weight is 445 g/mol. The largest absolute Gasteiger partial charge is 0.296 e. The lowest BCUT2D eigenvalue weighted by atomic mass is 10.2. The number of anilines is 1. The number of carbonyl (C=O) groups excluding carboxylic acids is 1. The van der Waals surface area contributed by atoms with Crippen LogP contribution in [0.15, 0.2) is 63.8 Å². The van der Waals surface area contributed by atoms with Crippen molar-refractivity contribution in [2.24, 2.45) is 0 Å². The van der Waals surface area contributed by atoms with Crippen LogP contribution in [0.4, 0.5) is 5.13 Å². The number of aromatic nitrogens is 2. The van der Waals surface area contributed by atoms with Crippen LogP contribution in [0, 0.1) is 12.3 Å². The van der Waals surface area contributed by atoms with E-state index in [0.717, 1.165) is 10.1 Å². The molecule has 148 valence electrons. The summed E-state index contributed by atoms with van der Waals surface area (Å²) < 4.78 is 27.0. The Morgan fingerprint density at radius 3 is 2.52 bits per heavy atom. The van der Waals surface area contributed by atoms with E-state index in [2.05, 4.69) is 26.2 Å². The van der Waals surface area contributed by atoms with Gasteiger partial charge in [0, 0.05) is 11.3 Å². The molecule has 2 N–H and O–H groups in total. The van der Waals surface area contributed by atoms with Crippen molar-refractivity contribution >= 4 is 44.2 Å². The van der Waals surface area contributed by atoms with Gasteiger partial charge < -0.3 is 0 Å². The molecule has 0 spiro atoms. The van der Waals surface area contributed by atoms with Crippen LogP contribution in [0.5, 0.6) is 0 Å². The standard InChI is InChI=1S/C19H16N4O3S3/c1-2-12-20-29(25,26)16-10-8-15(9-11-16)17(24)21-18-22-23-19(28-18)27-13-14-6-4-3-5-7-14/h1,3-11,20H,12-13H2,(H,21,22,24). The first-order valence-corrected chi connectivity index (χ1v) is 11.6. The third-order valence-corrected chi connectivity index (χ3v) is 7.08. The summed E-state index contributed by atoms with van der Waals surface area (Å²) in [4.78, 5) is 12.4. The van der Waals surface area contributed by atoms with Crippen LogP contribution >= 0.6 is 23.1 Å². The Morgan fingerprint density at radius 1 is 1.10 bits per heavy atom. The zero-order valence-corrected chi connectivity index (χ0v) is 17.5. The van der Waals surface area contributed by atoms with Crippen LogP contribution in [-0.2, 0) is 15.8 Å². The number of amides is 1. The summed E-state index contributed by atoms with van der Waals surface area (Å²) in [6.45, 7) is -0.105. The van der Waals surface area contributed by atoms with Crippen molar-refractivity contribution in [3.63, 3.8) is 0 Å². The van der Waals surface area contributed by atoms with Crippen LogP contribution in [0.25, 0.3) is 0 Å². The molecule has 0 atom stereocenters. The molecule has 0 aliphatic heterocycles. The van der Waals surface area contributed by atoms with Gasteiger partial charge in [-0.05, 0) is 29.8 Å². The Bertz CT molecular complexity index is 1120. The van der Waals surface area contributed by atoms with E-state index >= 15 is 0 Å². The molecule has 10 heteroatoms. The van der Waals surface area contributed by atoms with Gasteiger partial charge in [0.15, 0.2) is 4.34 Å². The maximum atomic E-state index is 12.4. The summed E-state index contributed by atoms with van der Waals surface area (Å²) >= 11 is 2.81. The first-order chi connectivity index (χ1) is 14.0. The van der Waals surface area contributed by atoms with Gasteiger partial charge in [-0.2, -0.15) is 4.72 Å². The van der Waals surface area contributed by atoms with Gasteiger partial charge in [-0.1, -0.05) is 59.4 Å². The van der Waals surface area contributed by atoms with E-state index in [0.29, 0.717) is 10.7 Å². The fraction of sp³-hybridized carbons (Fsp3) is 0.105. The molecule has 1 heterocycles. The van der Waals surface area contributed by atoms with Gasteiger partial charge in [-0.25, -0.2) is 8.42 Å². The van der Waals surface area contributed by atoms with Crippen molar-refractivity contribution < 1.29 is 13.2 Å². The van der Waals surface area contributed by atoms with Gasteiger partial charge in [0.1, 0.15) is 0 Å². The van der Waals surface area contributed by atoms with Crippen molar-refractivity contribution in [3.05, 3.63) is 65.7 Å². The molecule has 0 aliphatic rings. The quantitative estimate of drug-likeness (QED) is 0.315. The molecular formula is C19H16N4O3S3. The lowest BCUT2D eigenvalue weighted by Crippen LogP contribution is -2.24. The van der Waals surface area contributed by atoms with E-state index in [1.165, 1.54) is 52.9 Å². The maximum Gasteiger partial charge on any atom is 0.257 e. The molecule has 1 amide bonds. The summed E-state index contributed by atoms with van der Waals surface area (Å²) in [5.74, 6) is 2.56. The zero-order valence-electron chi connectivity index (χ0n) is 15.0. The van der Waals surface area contributed by atoms with Gasteiger partial charge >= 0.3 is 0 Å². The van der Waals surface area contributed by atoms with Gasteiger partial charge in [-0.3, -0.25) is 10.1 Å². The van der Waals surface area contributed by atoms with Crippen molar-refractivity contribution in [2.45, 2.75) is 15.0 Å². The van der Waals surface area contributed by atoms with E-state index in [1.807, 2.05) is 30.3 Å². The fourth-order valence-electron chi connectivity index (χ4n) is 2.21. The Balaban J connectivity index is 1.59. The Morgan fingerprint density at radius 2 is 1.83 bits per heavy atom. The van der Waals surface area contributed by atoms with Crippen molar-refractivity contribution in [3.8, 4) is 12.3 Å². The highest BCUT2D eigenvalue weighted by Crippen LogP contribution is 2.28. The molecule has 0 radical (unpaired) electrons. The second-order valence-electron chi connectivity index (χ2n) is 5.65. The van der Waals surface area contributed by atoms with Crippen molar-refractivity contribution in [1.29, 1.82) is 0 Å². The third kappa shape index (κ3) is 5.88. The highest BCUT2D eigenvalue weighted by atomic mass is 32.2. The summed E-state index contributed by atoms with van der Waals surface area (Å²) in [7, 11) is -3.70. The average Bonchev–Trinajstić information content (AvgIpc) is 3.19. The number of rotatable bonds is 8. The molecule has 1 aromatic heterocycles. The van der Waals surface area contributed by atoms with Crippen LogP contribution in [0.2, 0.25) is 0 Å². The minimum atomic E-state index is -3.70. The SMILES string of the molecule is C#CCNS(=O)(=O)c1ccc(C(=O)Nc2nnc(SCc3ccccc3)s2)cc1.